The van der Waals surface area contributed by atoms with Crippen molar-refractivity contribution in [3.63, 3.8) is 0 Å². The van der Waals surface area contributed by atoms with Gasteiger partial charge >= 0.3 is 0 Å². The number of para-hydroxylation sites is 1. The molecule has 1 saturated heterocycles. The number of guanidine groups is 1. The first-order valence-electron chi connectivity index (χ1n) is 9.61. The van der Waals surface area contributed by atoms with Gasteiger partial charge in [0.1, 0.15) is 5.82 Å². The molecular weight excluding hydrogens is 368 g/mol. The van der Waals surface area contributed by atoms with Gasteiger partial charge in [0, 0.05) is 44.4 Å². The van der Waals surface area contributed by atoms with Crippen molar-refractivity contribution in [2.24, 2.45) is 4.99 Å². The molecule has 1 aromatic heterocycles. The Labute approximate surface area is 170 Å². The van der Waals surface area contributed by atoms with Crippen molar-refractivity contribution < 1.29 is 9.59 Å². The fraction of sp³-hybridized carbons (Fsp3) is 0.333. The number of carbonyl (C=O) groups excluding carboxylic acids is 2. The van der Waals surface area contributed by atoms with Gasteiger partial charge in [-0.1, -0.05) is 24.3 Å². The predicted octanol–water partition coefficient (Wildman–Crippen LogP) is 1.69. The number of aryl methyl sites for hydroxylation is 1. The fourth-order valence-corrected chi connectivity index (χ4v) is 3.16. The van der Waals surface area contributed by atoms with E-state index in [4.69, 9.17) is 0 Å². The molecule has 152 valence electrons. The minimum Gasteiger partial charge on any atom is -0.356 e. The van der Waals surface area contributed by atoms with E-state index in [-0.39, 0.29) is 24.3 Å². The first kappa shape index (κ1) is 20.3. The number of aromatic nitrogens is 1. The van der Waals surface area contributed by atoms with E-state index in [2.05, 4.69) is 25.9 Å². The zero-order valence-corrected chi connectivity index (χ0v) is 16.7. The van der Waals surface area contributed by atoms with Crippen LogP contribution in [0.1, 0.15) is 18.5 Å². The van der Waals surface area contributed by atoms with E-state index in [0.717, 1.165) is 11.4 Å². The monoisotopic (exact) mass is 394 g/mol. The van der Waals surface area contributed by atoms with Crippen molar-refractivity contribution in [3.8, 4) is 0 Å². The number of anilines is 2. The Hall–Kier alpha value is -3.42. The molecule has 1 atom stereocenters. The van der Waals surface area contributed by atoms with Crippen LogP contribution in [0.5, 0.6) is 0 Å². The van der Waals surface area contributed by atoms with Gasteiger partial charge in [-0.15, -0.1) is 0 Å². The highest BCUT2D eigenvalue weighted by Gasteiger charge is 2.31. The van der Waals surface area contributed by atoms with Crippen molar-refractivity contribution in [2.45, 2.75) is 25.8 Å². The Bertz CT molecular complexity index is 884. The molecule has 0 radical (unpaired) electrons. The molecule has 0 saturated carbocycles. The zero-order valence-electron chi connectivity index (χ0n) is 16.7. The number of carbonyl (C=O) groups is 2. The molecular formula is C21H26N6O2. The summed E-state index contributed by atoms with van der Waals surface area (Å²) >= 11 is 0. The first-order valence-corrected chi connectivity index (χ1v) is 9.61. The van der Waals surface area contributed by atoms with Gasteiger partial charge in [-0.2, -0.15) is 0 Å². The summed E-state index contributed by atoms with van der Waals surface area (Å²) < 4.78 is 0. The molecule has 0 spiro atoms. The highest BCUT2D eigenvalue weighted by Crippen LogP contribution is 2.20. The minimum atomic E-state index is -0.127. The van der Waals surface area contributed by atoms with E-state index in [9.17, 15) is 9.59 Å². The third kappa shape index (κ3) is 5.78. The van der Waals surface area contributed by atoms with Gasteiger partial charge in [-0.05, 0) is 31.2 Å². The Morgan fingerprint density at radius 2 is 2.00 bits per heavy atom. The van der Waals surface area contributed by atoms with Gasteiger partial charge in [-0.3, -0.25) is 14.6 Å². The molecule has 0 bridgehead atoms. The summed E-state index contributed by atoms with van der Waals surface area (Å²) in [5, 5.41) is 9.16. The van der Waals surface area contributed by atoms with Gasteiger partial charge in [0.05, 0.1) is 6.04 Å². The lowest BCUT2D eigenvalue weighted by Crippen LogP contribution is -2.45. The van der Waals surface area contributed by atoms with E-state index in [1.54, 1.807) is 18.0 Å². The van der Waals surface area contributed by atoms with Crippen LogP contribution in [0, 0.1) is 6.92 Å². The minimum absolute atomic E-state index is 0.0424. The normalized spacial score (nSPS) is 16.6. The summed E-state index contributed by atoms with van der Waals surface area (Å²) in [6, 6.07) is 15.1. The van der Waals surface area contributed by atoms with Crippen LogP contribution >= 0.6 is 0 Å². The zero-order chi connectivity index (χ0) is 20.6. The Morgan fingerprint density at radius 3 is 2.72 bits per heavy atom. The van der Waals surface area contributed by atoms with Crippen LogP contribution in [0.4, 0.5) is 11.5 Å². The summed E-state index contributed by atoms with van der Waals surface area (Å²) in [6.45, 7) is 2.86. The van der Waals surface area contributed by atoms with E-state index >= 15 is 0 Å². The molecule has 3 N–H and O–H groups in total. The summed E-state index contributed by atoms with van der Waals surface area (Å²) in [7, 11) is 1.66. The van der Waals surface area contributed by atoms with Gasteiger partial charge in [-0.25, -0.2) is 4.98 Å². The second-order valence-corrected chi connectivity index (χ2v) is 6.85. The van der Waals surface area contributed by atoms with Crippen molar-refractivity contribution >= 4 is 29.3 Å². The second kappa shape index (κ2) is 9.68. The smallest absolute Gasteiger partial charge is 0.229 e. The number of rotatable bonds is 6. The van der Waals surface area contributed by atoms with Crippen LogP contribution in [0.25, 0.3) is 0 Å². The maximum atomic E-state index is 12.3. The molecule has 29 heavy (non-hydrogen) atoms. The molecule has 2 amide bonds. The molecule has 1 fully saturated rings. The highest BCUT2D eigenvalue weighted by atomic mass is 16.2. The summed E-state index contributed by atoms with van der Waals surface area (Å²) in [5.74, 6) is 1.06. The van der Waals surface area contributed by atoms with Gasteiger partial charge < -0.3 is 20.9 Å². The van der Waals surface area contributed by atoms with Gasteiger partial charge in [0.2, 0.25) is 11.8 Å². The number of pyridine rings is 1. The highest BCUT2D eigenvalue weighted by molar-refractivity contribution is 5.97. The second-order valence-electron chi connectivity index (χ2n) is 6.85. The average molecular weight is 394 g/mol. The third-order valence-electron chi connectivity index (χ3n) is 4.56. The molecule has 0 aliphatic carbocycles. The summed E-state index contributed by atoms with van der Waals surface area (Å²) in [6.07, 6.45) is 0.672. The van der Waals surface area contributed by atoms with Crippen molar-refractivity contribution in [1.82, 2.24) is 15.6 Å². The molecule has 8 heteroatoms. The lowest BCUT2D eigenvalue weighted by atomic mass is 10.2. The average Bonchev–Trinajstić information content (AvgIpc) is 3.08. The maximum absolute atomic E-state index is 12.3. The number of benzene rings is 1. The first-order chi connectivity index (χ1) is 14.0. The maximum Gasteiger partial charge on any atom is 0.229 e. The van der Waals surface area contributed by atoms with Crippen LogP contribution in [-0.2, 0) is 9.59 Å². The number of hydrogen-bond acceptors (Lipinski definition) is 4. The number of amides is 2. The van der Waals surface area contributed by atoms with Crippen LogP contribution in [0.15, 0.2) is 53.5 Å². The lowest BCUT2D eigenvalue weighted by molar-refractivity contribution is -0.117. The summed E-state index contributed by atoms with van der Waals surface area (Å²) in [4.78, 5) is 34.6. The standard InChI is InChI=1S/C21H26N6O2/c1-15-7-6-10-18(24-15)26-19(28)11-12-23-21(22-2)25-16-13-20(29)27(14-16)17-8-4-3-5-9-17/h3-10,16H,11-14H2,1-2H3,(H2,22,23,25)(H,24,26,28). The van der Waals surface area contributed by atoms with Crippen LogP contribution < -0.4 is 20.9 Å². The Kier molecular flexibility index (Phi) is 6.78. The Balaban J connectivity index is 1.44. The summed E-state index contributed by atoms with van der Waals surface area (Å²) in [5.41, 5.74) is 1.74. The topological polar surface area (TPSA) is 98.7 Å². The van der Waals surface area contributed by atoms with Gasteiger partial charge in [0.25, 0.3) is 0 Å². The predicted molar refractivity (Wildman–Crippen MR) is 114 cm³/mol. The molecule has 1 aliphatic heterocycles. The number of nitrogens with zero attached hydrogens (tertiary/aromatic N) is 3. The van der Waals surface area contributed by atoms with E-state index < -0.39 is 0 Å². The lowest BCUT2D eigenvalue weighted by Gasteiger charge is -2.19. The molecule has 2 aromatic rings. The molecule has 8 nitrogen and oxygen atoms in total. The molecule has 1 unspecified atom stereocenters. The van der Waals surface area contributed by atoms with Crippen LogP contribution in [0.3, 0.4) is 0 Å². The van der Waals surface area contributed by atoms with Crippen LogP contribution in [0.2, 0.25) is 0 Å². The largest absolute Gasteiger partial charge is 0.356 e. The number of aliphatic imine (C=N–C) groups is 1. The van der Waals surface area contributed by atoms with E-state index in [1.807, 2.05) is 49.4 Å². The fourth-order valence-electron chi connectivity index (χ4n) is 3.16. The molecule has 1 aliphatic rings. The van der Waals surface area contributed by atoms with E-state index in [0.29, 0.717) is 31.3 Å². The van der Waals surface area contributed by atoms with Crippen LogP contribution in [-0.4, -0.2) is 48.9 Å². The third-order valence-corrected chi connectivity index (χ3v) is 4.56. The number of nitrogens with one attached hydrogen (secondary N) is 3. The molecule has 2 heterocycles. The van der Waals surface area contributed by atoms with E-state index in [1.165, 1.54) is 0 Å². The van der Waals surface area contributed by atoms with Gasteiger partial charge in [0.15, 0.2) is 5.96 Å². The SMILES string of the molecule is CN=C(NCCC(=O)Nc1cccc(C)n1)NC1CC(=O)N(c2ccccc2)C1. The number of hydrogen-bond donors (Lipinski definition) is 3. The molecule has 3 rings (SSSR count). The molecule has 1 aromatic carbocycles. The van der Waals surface area contributed by atoms with Crippen molar-refractivity contribution in [3.05, 3.63) is 54.2 Å². The Morgan fingerprint density at radius 1 is 1.21 bits per heavy atom. The van der Waals surface area contributed by atoms with Crippen molar-refractivity contribution in [1.29, 1.82) is 0 Å². The quantitative estimate of drug-likeness (QED) is 0.512. The van der Waals surface area contributed by atoms with Crippen molar-refractivity contribution in [2.75, 3.05) is 30.4 Å².